The van der Waals surface area contributed by atoms with E-state index in [1.165, 1.54) is 25.1 Å². The van der Waals surface area contributed by atoms with Crippen LogP contribution in [-0.2, 0) is 9.53 Å². The van der Waals surface area contributed by atoms with Gasteiger partial charge in [-0.05, 0) is 49.4 Å². The Morgan fingerprint density at radius 3 is 2.57 bits per heavy atom. The fourth-order valence-electron chi connectivity index (χ4n) is 1.78. The van der Waals surface area contributed by atoms with Crippen molar-refractivity contribution in [2.45, 2.75) is 13.0 Å². The number of nitrogens with one attached hydrogen (secondary N) is 1. The number of hydrogen-bond donors (Lipinski definition) is 1. The van der Waals surface area contributed by atoms with E-state index in [0.717, 1.165) is 0 Å². The van der Waals surface area contributed by atoms with Gasteiger partial charge in [0.25, 0.3) is 5.91 Å². The van der Waals surface area contributed by atoms with E-state index < -0.39 is 18.0 Å². The number of nitrogens with zero attached hydrogens (tertiary/aromatic N) is 1. The summed E-state index contributed by atoms with van der Waals surface area (Å²) in [6.45, 7) is 1.47. The van der Waals surface area contributed by atoms with Gasteiger partial charge >= 0.3 is 5.97 Å². The average Bonchev–Trinajstić information content (AvgIpc) is 2.55. The van der Waals surface area contributed by atoms with Crippen molar-refractivity contribution in [3.05, 3.63) is 64.7 Å². The number of hydrogen-bond acceptors (Lipinski definition) is 4. The maximum absolute atomic E-state index is 12.0. The van der Waals surface area contributed by atoms with Crippen molar-refractivity contribution in [1.29, 1.82) is 5.26 Å². The summed E-state index contributed by atoms with van der Waals surface area (Å²) in [5, 5.41) is 11.9. The van der Waals surface area contributed by atoms with E-state index in [-0.39, 0.29) is 0 Å². The van der Waals surface area contributed by atoms with E-state index in [9.17, 15) is 9.59 Å². The van der Waals surface area contributed by atoms with Crippen LogP contribution in [0, 0.1) is 11.3 Å². The summed E-state index contributed by atoms with van der Waals surface area (Å²) in [4.78, 5) is 24.0. The number of carbonyl (C=O) groups excluding carboxylic acids is 2. The molecule has 1 amide bonds. The lowest BCUT2D eigenvalue weighted by molar-refractivity contribution is -0.123. The van der Waals surface area contributed by atoms with Gasteiger partial charge in [0.2, 0.25) is 0 Å². The second-order valence-electron chi connectivity index (χ2n) is 4.74. The normalized spacial score (nSPS) is 11.2. The fourth-order valence-corrected chi connectivity index (χ4v) is 1.90. The molecule has 0 aliphatic rings. The molecule has 0 aliphatic carbocycles. The highest BCUT2D eigenvalue weighted by atomic mass is 35.5. The first kappa shape index (κ1) is 16.5. The molecule has 5 nitrogen and oxygen atoms in total. The third kappa shape index (κ3) is 4.56. The summed E-state index contributed by atoms with van der Waals surface area (Å²) in [7, 11) is 0. The molecule has 0 radical (unpaired) electrons. The van der Waals surface area contributed by atoms with Gasteiger partial charge in [0.05, 0.1) is 17.2 Å². The standard InChI is InChI=1S/C17H13ClN2O3/c1-11(23-17(22)13-5-7-14(18)8-6-13)16(21)20-15-4-2-3-12(9-15)10-19/h2-9,11H,1H3,(H,20,21)/t11-/m1/s1. The fraction of sp³-hybridized carbons (Fsp3) is 0.118. The molecular formula is C17H13ClN2O3. The third-order valence-electron chi connectivity index (χ3n) is 2.99. The lowest BCUT2D eigenvalue weighted by atomic mass is 10.2. The molecular weight excluding hydrogens is 316 g/mol. The summed E-state index contributed by atoms with van der Waals surface area (Å²) in [5.41, 5.74) is 1.19. The Bertz CT molecular complexity index is 766. The van der Waals surface area contributed by atoms with Gasteiger partial charge in [-0.15, -0.1) is 0 Å². The maximum atomic E-state index is 12.0. The number of halogens is 1. The van der Waals surface area contributed by atoms with Crippen LogP contribution >= 0.6 is 11.6 Å². The molecule has 6 heteroatoms. The highest BCUT2D eigenvalue weighted by molar-refractivity contribution is 6.30. The number of benzene rings is 2. The molecule has 1 atom stereocenters. The number of nitriles is 1. The van der Waals surface area contributed by atoms with Crippen LogP contribution in [0.25, 0.3) is 0 Å². The molecule has 0 bridgehead atoms. The molecule has 23 heavy (non-hydrogen) atoms. The van der Waals surface area contributed by atoms with Crippen LogP contribution in [0.15, 0.2) is 48.5 Å². The highest BCUT2D eigenvalue weighted by Crippen LogP contribution is 2.13. The van der Waals surface area contributed by atoms with Crippen molar-refractivity contribution in [3.8, 4) is 6.07 Å². The molecule has 116 valence electrons. The van der Waals surface area contributed by atoms with Crippen molar-refractivity contribution < 1.29 is 14.3 Å². The van der Waals surface area contributed by atoms with Crippen molar-refractivity contribution in [2.24, 2.45) is 0 Å². The van der Waals surface area contributed by atoms with Crippen LogP contribution in [-0.4, -0.2) is 18.0 Å². The lowest BCUT2D eigenvalue weighted by Gasteiger charge is -2.13. The minimum Gasteiger partial charge on any atom is -0.449 e. The van der Waals surface area contributed by atoms with Crippen LogP contribution in [0.1, 0.15) is 22.8 Å². The molecule has 2 aromatic carbocycles. The molecule has 2 rings (SSSR count). The predicted molar refractivity (Wildman–Crippen MR) is 86.1 cm³/mol. The van der Waals surface area contributed by atoms with Crippen LogP contribution in [0.2, 0.25) is 5.02 Å². The first-order valence-electron chi connectivity index (χ1n) is 6.77. The summed E-state index contributed by atoms with van der Waals surface area (Å²) in [6.07, 6.45) is -0.982. The topological polar surface area (TPSA) is 79.2 Å². The van der Waals surface area contributed by atoms with E-state index in [1.807, 2.05) is 6.07 Å². The molecule has 0 saturated carbocycles. The molecule has 0 saturated heterocycles. The second-order valence-corrected chi connectivity index (χ2v) is 5.17. The zero-order valence-corrected chi connectivity index (χ0v) is 13.0. The Morgan fingerprint density at radius 2 is 1.91 bits per heavy atom. The quantitative estimate of drug-likeness (QED) is 0.872. The Kier molecular flexibility index (Phi) is 5.34. The van der Waals surface area contributed by atoms with Gasteiger partial charge in [-0.1, -0.05) is 17.7 Å². The van der Waals surface area contributed by atoms with Crippen molar-refractivity contribution in [2.75, 3.05) is 5.32 Å². The van der Waals surface area contributed by atoms with E-state index in [2.05, 4.69) is 5.32 Å². The van der Waals surface area contributed by atoms with Gasteiger partial charge in [0.1, 0.15) is 0 Å². The molecule has 0 aromatic heterocycles. The van der Waals surface area contributed by atoms with Crippen molar-refractivity contribution >= 4 is 29.2 Å². The number of amides is 1. The SMILES string of the molecule is C[C@@H](OC(=O)c1ccc(Cl)cc1)C(=O)Nc1cccc(C#N)c1. The molecule has 0 aliphatic heterocycles. The van der Waals surface area contributed by atoms with E-state index in [0.29, 0.717) is 21.8 Å². The third-order valence-corrected chi connectivity index (χ3v) is 3.24. The predicted octanol–water partition coefficient (Wildman–Crippen LogP) is 3.40. The van der Waals surface area contributed by atoms with Crippen LogP contribution in [0.5, 0.6) is 0 Å². The smallest absolute Gasteiger partial charge is 0.338 e. The van der Waals surface area contributed by atoms with E-state index in [4.69, 9.17) is 21.6 Å². The van der Waals surface area contributed by atoms with Gasteiger partial charge in [-0.2, -0.15) is 5.26 Å². The first-order chi connectivity index (χ1) is 11.0. The van der Waals surface area contributed by atoms with Gasteiger partial charge in [0.15, 0.2) is 6.10 Å². The van der Waals surface area contributed by atoms with Gasteiger partial charge in [-0.3, -0.25) is 4.79 Å². The van der Waals surface area contributed by atoms with Crippen LogP contribution in [0.3, 0.4) is 0 Å². The van der Waals surface area contributed by atoms with Gasteiger partial charge in [0, 0.05) is 10.7 Å². The Labute approximate surface area is 138 Å². The average molecular weight is 329 g/mol. The minimum absolute atomic E-state index is 0.306. The van der Waals surface area contributed by atoms with Gasteiger partial charge in [-0.25, -0.2) is 4.79 Å². The number of anilines is 1. The first-order valence-corrected chi connectivity index (χ1v) is 7.15. The highest BCUT2D eigenvalue weighted by Gasteiger charge is 2.19. The molecule has 1 N–H and O–H groups in total. The van der Waals surface area contributed by atoms with Crippen LogP contribution < -0.4 is 5.32 Å². The number of esters is 1. The second kappa shape index (κ2) is 7.43. The zero-order chi connectivity index (χ0) is 16.8. The van der Waals surface area contributed by atoms with Gasteiger partial charge < -0.3 is 10.1 Å². The molecule has 0 unspecified atom stereocenters. The van der Waals surface area contributed by atoms with E-state index in [1.54, 1.807) is 30.3 Å². The number of rotatable bonds is 4. The Morgan fingerprint density at radius 1 is 1.22 bits per heavy atom. The van der Waals surface area contributed by atoms with E-state index >= 15 is 0 Å². The largest absolute Gasteiger partial charge is 0.449 e. The maximum Gasteiger partial charge on any atom is 0.338 e. The monoisotopic (exact) mass is 328 g/mol. The van der Waals surface area contributed by atoms with Crippen molar-refractivity contribution in [3.63, 3.8) is 0 Å². The molecule has 2 aromatic rings. The molecule has 0 heterocycles. The van der Waals surface area contributed by atoms with Crippen molar-refractivity contribution in [1.82, 2.24) is 0 Å². The lowest BCUT2D eigenvalue weighted by Crippen LogP contribution is -2.30. The zero-order valence-electron chi connectivity index (χ0n) is 12.2. The molecule has 0 spiro atoms. The number of carbonyl (C=O) groups is 2. The van der Waals surface area contributed by atoms with Crippen LogP contribution in [0.4, 0.5) is 5.69 Å². The Hall–Kier alpha value is -2.84. The summed E-state index contributed by atoms with van der Waals surface area (Å²) >= 11 is 5.75. The molecule has 0 fully saturated rings. The summed E-state index contributed by atoms with van der Waals surface area (Å²) in [5.74, 6) is -1.10. The Balaban J connectivity index is 1.98. The number of ether oxygens (including phenoxy) is 1. The summed E-state index contributed by atoms with van der Waals surface area (Å²) < 4.78 is 5.11. The summed E-state index contributed by atoms with van der Waals surface area (Å²) in [6, 6.07) is 14.6. The minimum atomic E-state index is -0.982.